The first kappa shape index (κ1) is 23.5. The van der Waals surface area contributed by atoms with Crippen molar-refractivity contribution in [3.05, 3.63) is 53.1 Å². The number of carbonyl (C=O) groups excluding carboxylic acids is 1. The lowest BCUT2D eigenvalue weighted by Gasteiger charge is -2.20. The second kappa shape index (κ2) is 9.33. The van der Waals surface area contributed by atoms with Crippen LogP contribution in [0.1, 0.15) is 40.7 Å². The Balaban J connectivity index is 1.67. The lowest BCUT2D eigenvalue weighted by atomic mass is 9.91. The number of guanidine groups is 1. The highest BCUT2D eigenvalue weighted by Crippen LogP contribution is 2.38. The number of carboxylic acids is 2. The van der Waals surface area contributed by atoms with Gasteiger partial charge >= 0.3 is 17.9 Å². The third kappa shape index (κ3) is 4.86. The van der Waals surface area contributed by atoms with Crippen LogP contribution in [0.3, 0.4) is 0 Å². The number of carbonyl (C=O) groups is 3. The third-order valence-electron chi connectivity index (χ3n) is 5.51. The number of nitrogens with zero attached hydrogens (tertiary/aromatic N) is 2. The number of ether oxygens (including phenoxy) is 2. The average Bonchev–Trinajstić information content (AvgIpc) is 3.21. The number of para-hydroxylation sites is 1. The largest absolute Gasteiger partial charge is 0.489 e. The van der Waals surface area contributed by atoms with Gasteiger partial charge in [-0.15, -0.1) is 0 Å². The predicted octanol–water partition coefficient (Wildman–Crippen LogP) is 1.56. The van der Waals surface area contributed by atoms with Crippen molar-refractivity contribution < 1.29 is 38.9 Å². The van der Waals surface area contributed by atoms with Gasteiger partial charge in [0.1, 0.15) is 0 Å². The first-order valence-electron chi connectivity index (χ1n) is 10.6. The van der Waals surface area contributed by atoms with Gasteiger partial charge in [-0.3, -0.25) is 4.79 Å². The van der Waals surface area contributed by atoms with E-state index in [1.165, 1.54) is 6.07 Å². The van der Waals surface area contributed by atoms with E-state index in [-0.39, 0.29) is 36.2 Å². The molecule has 182 valence electrons. The molecule has 0 bridgehead atoms. The summed E-state index contributed by atoms with van der Waals surface area (Å²) in [5.41, 5.74) is 10.9. The summed E-state index contributed by atoms with van der Waals surface area (Å²) in [6.07, 6.45) is -0.0848. The zero-order chi connectivity index (χ0) is 25.2. The van der Waals surface area contributed by atoms with E-state index >= 15 is 0 Å². The van der Waals surface area contributed by atoms with E-state index in [0.29, 0.717) is 35.2 Å². The molecule has 2 aliphatic rings. The van der Waals surface area contributed by atoms with E-state index in [2.05, 4.69) is 10.1 Å². The quantitative estimate of drug-likeness (QED) is 0.210. The Bertz CT molecular complexity index is 1270. The molecule has 0 fully saturated rings. The van der Waals surface area contributed by atoms with E-state index in [1.807, 2.05) is 0 Å². The molecule has 0 unspecified atom stereocenters. The molecule has 2 aliphatic heterocycles. The molecule has 35 heavy (non-hydrogen) atoms. The molecule has 2 heterocycles. The van der Waals surface area contributed by atoms with Crippen LogP contribution in [0.5, 0.6) is 11.5 Å². The fraction of sp³-hybridized carbons (Fsp3) is 0.261. The Morgan fingerprint density at radius 3 is 2.66 bits per heavy atom. The zero-order valence-corrected chi connectivity index (χ0v) is 18.4. The van der Waals surface area contributed by atoms with Gasteiger partial charge in [0, 0.05) is 12.0 Å². The van der Waals surface area contributed by atoms with Crippen molar-refractivity contribution in [1.82, 2.24) is 0 Å². The maximum atomic E-state index is 13.0. The van der Waals surface area contributed by atoms with Gasteiger partial charge in [0.2, 0.25) is 5.60 Å². The van der Waals surface area contributed by atoms with Gasteiger partial charge in [0.15, 0.2) is 17.5 Å². The number of benzene rings is 2. The number of carboxylic acid groups (broad SMARTS) is 2. The van der Waals surface area contributed by atoms with E-state index < -0.39 is 29.9 Å². The second-order valence-corrected chi connectivity index (χ2v) is 8.03. The molecule has 12 nitrogen and oxygen atoms in total. The van der Waals surface area contributed by atoms with Crippen molar-refractivity contribution in [3.63, 3.8) is 0 Å². The van der Waals surface area contributed by atoms with Crippen LogP contribution >= 0.6 is 0 Å². The average molecular weight is 482 g/mol. The minimum atomic E-state index is -2.04. The minimum absolute atomic E-state index is 0.0995. The fourth-order valence-corrected chi connectivity index (χ4v) is 3.92. The minimum Gasteiger partial charge on any atom is -0.489 e. The van der Waals surface area contributed by atoms with Crippen LogP contribution in [0.25, 0.3) is 0 Å². The van der Waals surface area contributed by atoms with Crippen LogP contribution in [-0.4, -0.2) is 52.0 Å². The van der Waals surface area contributed by atoms with E-state index in [1.54, 1.807) is 30.3 Å². The summed E-state index contributed by atoms with van der Waals surface area (Å²) < 4.78 is 11.6. The highest BCUT2D eigenvalue weighted by Gasteiger charge is 2.49. The lowest BCUT2D eigenvalue weighted by Crippen LogP contribution is -2.41. The number of aryl methyl sites for hydroxylation is 1. The zero-order valence-electron chi connectivity index (χ0n) is 18.4. The number of nitrogens with two attached hydrogens (primary N) is 2. The van der Waals surface area contributed by atoms with E-state index in [9.17, 15) is 19.5 Å². The molecule has 1 atom stereocenters. The van der Waals surface area contributed by atoms with Crippen LogP contribution in [0, 0.1) is 0 Å². The summed E-state index contributed by atoms with van der Waals surface area (Å²) in [6.45, 7) is 0.237. The number of aliphatic imine (C=N–C) groups is 1. The van der Waals surface area contributed by atoms with Crippen LogP contribution in [0.2, 0.25) is 0 Å². The van der Waals surface area contributed by atoms with Gasteiger partial charge in [-0.25, -0.2) is 14.6 Å². The second-order valence-electron chi connectivity index (χ2n) is 8.03. The number of fused-ring (bicyclic) bond motifs is 2. The van der Waals surface area contributed by atoms with E-state index in [0.717, 1.165) is 0 Å². The molecule has 0 spiro atoms. The topological polar surface area (TPSA) is 196 Å². The summed E-state index contributed by atoms with van der Waals surface area (Å²) in [7, 11) is 0. The number of esters is 1. The monoisotopic (exact) mass is 482 g/mol. The Labute approximate surface area is 198 Å². The van der Waals surface area contributed by atoms with Crippen LogP contribution in [-0.2, 0) is 20.8 Å². The lowest BCUT2D eigenvalue weighted by molar-refractivity contribution is -0.169. The molecule has 2 aromatic rings. The van der Waals surface area contributed by atoms with Crippen molar-refractivity contribution in [2.45, 2.75) is 31.3 Å². The molecule has 6 N–H and O–H groups in total. The SMILES string of the molecule is NC(N)=Nc1ccc2c(c1)CCCOc1c(cccc1C1=NO[C@@](CC(=O)O)(C(=O)O)C1)OC2=O. The molecule has 0 amide bonds. The van der Waals surface area contributed by atoms with Gasteiger partial charge in [0.25, 0.3) is 0 Å². The van der Waals surface area contributed by atoms with Gasteiger partial charge < -0.3 is 36.0 Å². The highest BCUT2D eigenvalue weighted by molar-refractivity contribution is 6.08. The predicted molar refractivity (Wildman–Crippen MR) is 122 cm³/mol. The molecule has 0 aliphatic carbocycles. The first-order chi connectivity index (χ1) is 16.7. The van der Waals surface area contributed by atoms with Crippen molar-refractivity contribution in [3.8, 4) is 11.5 Å². The summed E-state index contributed by atoms with van der Waals surface area (Å²) >= 11 is 0. The Morgan fingerprint density at radius 1 is 1.14 bits per heavy atom. The summed E-state index contributed by atoms with van der Waals surface area (Å²) in [4.78, 5) is 45.1. The number of hydrogen-bond acceptors (Lipinski definition) is 8. The van der Waals surface area contributed by atoms with Crippen molar-refractivity contribution in [2.24, 2.45) is 21.6 Å². The maximum Gasteiger partial charge on any atom is 0.351 e. The third-order valence-corrected chi connectivity index (χ3v) is 5.51. The normalized spacial score (nSPS) is 19.1. The maximum absolute atomic E-state index is 13.0. The molecular weight excluding hydrogens is 460 g/mol. The summed E-state index contributed by atoms with van der Waals surface area (Å²) in [5, 5.41) is 22.6. The Kier molecular flexibility index (Phi) is 6.28. The fourth-order valence-electron chi connectivity index (χ4n) is 3.92. The first-order valence-corrected chi connectivity index (χ1v) is 10.6. The Hall–Kier alpha value is -4.61. The molecule has 0 saturated carbocycles. The van der Waals surface area contributed by atoms with Gasteiger partial charge in [-0.05, 0) is 48.7 Å². The molecule has 0 aromatic heterocycles. The summed E-state index contributed by atoms with van der Waals surface area (Å²) in [6, 6.07) is 9.59. The number of oxime groups is 1. The van der Waals surface area contributed by atoms with Gasteiger partial charge in [-0.1, -0.05) is 11.2 Å². The highest BCUT2D eigenvalue weighted by atomic mass is 16.7. The van der Waals surface area contributed by atoms with Crippen LogP contribution < -0.4 is 20.9 Å². The smallest absolute Gasteiger partial charge is 0.351 e. The number of aliphatic carboxylic acids is 2. The molecule has 12 heteroatoms. The van der Waals surface area contributed by atoms with Crippen LogP contribution in [0.15, 0.2) is 46.5 Å². The molecule has 0 saturated heterocycles. The molecule has 4 rings (SSSR count). The Morgan fingerprint density at radius 2 is 1.94 bits per heavy atom. The van der Waals surface area contributed by atoms with Crippen molar-refractivity contribution in [1.29, 1.82) is 0 Å². The van der Waals surface area contributed by atoms with Crippen molar-refractivity contribution in [2.75, 3.05) is 6.61 Å². The van der Waals surface area contributed by atoms with Crippen LogP contribution in [0.4, 0.5) is 5.69 Å². The van der Waals surface area contributed by atoms with Gasteiger partial charge in [0.05, 0.1) is 30.0 Å². The molecule has 2 aromatic carbocycles. The number of hydrogen-bond donors (Lipinski definition) is 4. The molecular formula is C23H22N4O8. The standard InChI is InChI=1S/C23H22N4O8/c24-22(25)26-13-6-7-14-12(9-13)3-2-8-33-19-15(4-1-5-17(19)34-20(14)30)16-10-23(21(31)32,35-27-16)11-18(28)29/h1,4-7,9H,2-3,8,10-11H2,(H,28,29)(H,31,32)(H4,24,25,26)/t23-/m0/s1. The summed E-state index contributed by atoms with van der Waals surface area (Å²) in [5.74, 6) is -3.24. The van der Waals surface area contributed by atoms with Gasteiger partial charge in [-0.2, -0.15) is 0 Å². The van der Waals surface area contributed by atoms with E-state index in [4.69, 9.17) is 30.9 Å². The number of rotatable bonds is 5. The molecule has 0 radical (unpaired) electrons. The van der Waals surface area contributed by atoms with Crippen molar-refractivity contribution >= 4 is 35.3 Å².